The fourth-order valence-electron chi connectivity index (χ4n) is 3.24. The second kappa shape index (κ2) is 6.89. The summed E-state index contributed by atoms with van der Waals surface area (Å²) in [5.74, 6) is 2.50. The average Bonchev–Trinajstić information content (AvgIpc) is 3.22. The summed E-state index contributed by atoms with van der Waals surface area (Å²) in [6, 6.07) is 10.0. The van der Waals surface area contributed by atoms with Gasteiger partial charge in [-0.1, -0.05) is 35.5 Å². The van der Waals surface area contributed by atoms with E-state index in [1.807, 2.05) is 41.9 Å². The maximum absolute atomic E-state index is 5.42. The van der Waals surface area contributed by atoms with Gasteiger partial charge in [0.1, 0.15) is 0 Å². The lowest BCUT2D eigenvalue weighted by molar-refractivity contribution is 0.143. The van der Waals surface area contributed by atoms with Gasteiger partial charge in [0.25, 0.3) is 0 Å². The Morgan fingerprint density at radius 1 is 1.28 bits per heavy atom. The first-order valence-electron chi connectivity index (χ1n) is 8.44. The molecule has 2 aromatic heterocycles. The maximum Gasteiger partial charge on any atom is 0.231 e. The molecule has 0 radical (unpaired) electrons. The van der Waals surface area contributed by atoms with Crippen LogP contribution in [-0.2, 0) is 6.67 Å². The van der Waals surface area contributed by atoms with Crippen molar-refractivity contribution in [3.05, 3.63) is 46.8 Å². The van der Waals surface area contributed by atoms with Crippen molar-refractivity contribution in [2.24, 2.45) is 0 Å². The number of hydrogen-bond donors (Lipinski definition) is 1. The fourth-order valence-corrected chi connectivity index (χ4v) is 3.44. The molecule has 4 rings (SSSR count). The Bertz CT molecular complexity index is 899. The van der Waals surface area contributed by atoms with Crippen molar-refractivity contribution in [1.29, 1.82) is 0 Å². The molecule has 1 N–H and O–H groups in total. The van der Waals surface area contributed by atoms with Crippen LogP contribution in [-0.4, -0.2) is 42.9 Å². The monoisotopic (exact) mass is 356 g/mol. The number of aryl methyl sites for hydroxylation is 1. The fraction of sp³-hybridized carbons (Fsp3) is 0.412. The molecule has 3 heterocycles. The number of likely N-dealkylation sites (tertiary alicyclic amines) is 1. The number of piperidine rings is 1. The van der Waals surface area contributed by atoms with Crippen LogP contribution < -0.4 is 0 Å². The molecular weight excluding hydrogens is 336 g/mol. The minimum absolute atomic E-state index is 0.278. The van der Waals surface area contributed by atoms with Gasteiger partial charge in [-0.25, -0.2) is 4.68 Å². The smallest absolute Gasteiger partial charge is 0.231 e. The zero-order chi connectivity index (χ0) is 17.2. The lowest BCUT2D eigenvalue weighted by Gasteiger charge is -2.30. The van der Waals surface area contributed by atoms with Gasteiger partial charge in [0, 0.05) is 12.1 Å². The van der Waals surface area contributed by atoms with Crippen LogP contribution >= 0.6 is 12.2 Å². The molecule has 0 saturated carbocycles. The quantitative estimate of drug-likeness (QED) is 0.724. The van der Waals surface area contributed by atoms with Crippen molar-refractivity contribution in [3.8, 4) is 11.4 Å². The summed E-state index contributed by atoms with van der Waals surface area (Å²) in [6.45, 7) is 4.43. The minimum atomic E-state index is 0.278. The number of H-pyrrole nitrogens is 1. The first-order chi connectivity index (χ1) is 12.2. The number of aromatic amines is 1. The van der Waals surface area contributed by atoms with E-state index in [9.17, 15) is 0 Å². The summed E-state index contributed by atoms with van der Waals surface area (Å²) >= 11 is 5.42. The van der Waals surface area contributed by atoms with Gasteiger partial charge in [-0.2, -0.15) is 9.97 Å². The van der Waals surface area contributed by atoms with Crippen molar-refractivity contribution in [3.63, 3.8) is 0 Å². The molecule has 1 aromatic carbocycles. The molecular formula is C17H20N6OS. The standard InChI is InChI=1S/C17H20N6OS/c1-12-18-16(24-21-12)14-8-5-9-22(10-14)11-23-17(25)19-15(20-23)13-6-3-2-4-7-13/h2-4,6-7,14H,5,8-11H2,1H3,(H,19,20,25)/t14-/m1/s1. The Labute approximate surface area is 150 Å². The van der Waals surface area contributed by atoms with E-state index in [1.54, 1.807) is 0 Å². The van der Waals surface area contributed by atoms with Crippen molar-refractivity contribution >= 4 is 12.2 Å². The highest BCUT2D eigenvalue weighted by Gasteiger charge is 2.26. The molecule has 25 heavy (non-hydrogen) atoms. The summed E-state index contributed by atoms with van der Waals surface area (Å²) in [4.78, 5) is 11.2. The van der Waals surface area contributed by atoms with Gasteiger partial charge in [0.05, 0.1) is 12.6 Å². The van der Waals surface area contributed by atoms with Gasteiger partial charge in [-0.3, -0.25) is 10.00 Å². The van der Waals surface area contributed by atoms with E-state index in [4.69, 9.17) is 16.7 Å². The Kier molecular flexibility index (Phi) is 4.46. The van der Waals surface area contributed by atoms with Gasteiger partial charge in [0.2, 0.25) is 10.7 Å². The van der Waals surface area contributed by atoms with E-state index in [0.29, 0.717) is 17.3 Å². The van der Waals surface area contributed by atoms with Crippen molar-refractivity contribution in [2.45, 2.75) is 32.4 Å². The largest absolute Gasteiger partial charge is 0.339 e. The molecule has 1 atom stereocenters. The lowest BCUT2D eigenvalue weighted by atomic mass is 9.98. The SMILES string of the molecule is Cc1noc([C@@H]2CCCN(Cn3[nH]c(-c4ccccc4)nc3=S)C2)n1. The Hall–Kier alpha value is -2.32. The highest BCUT2D eigenvalue weighted by molar-refractivity contribution is 7.71. The summed E-state index contributed by atoms with van der Waals surface area (Å²) in [5.41, 5.74) is 1.03. The third kappa shape index (κ3) is 3.54. The molecule has 1 aliphatic rings. The van der Waals surface area contributed by atoms with Crippen LogP contribution in [0.15, 0.2) is 34.9 Å². The van der Waals surface area contributed by atoms with Gasteiger partial charge in [-0.05, 0) is 38.5 Å². The molecule has 1 saturated heterocycles. The molecule has 7 nitrogen and oxygen atoms in total. The van der Waals surface area contributed by atoms with Crippen LogP contribution in [0.4, 0.5) is 0 Å². The summed E-state index contributed by atoms with van der Waals surface area (Å²) in [6.07, 6.45) is 2.17. The molecule has 1 aliphatic heterocycles. The molecule has 0 spiro atoms. The number of hydrogen-bond acceptors (Lipinski definition) is 6. The van der Waals surface area contributed by atoms with Gasteiger partial charge in [-0.15, -0.1) is 0 Å². The summed E-state index contributed by atoms with van der Waals surface area (Å²) in [5, 5.41) is 7.22. The highest BCUT2D eigenvalue weighted by Crippen LogP contribution is 2.26. The van der Waals surface area contributed by atoms with Crippen LogP contribution in [0.25, 0.3) is 11.4 Å². The molecule has 1 fully saturated rings. The number of aromatic nitrogens is 5. The Balaban J connectivity index is 1.48. The van der Waals surface area contributed by atoms with E-state index in [2.05, 4.69) is 25.1 Å². The van der Waals surface area contributed by atoms with Crippen LogP contribution in [0, 0.1) is 11.7 Å². The Morgan fingerprint density at radius 2 is 2.12 bits per heavy atom. The number of rotatable bonds is 4. The molecule has 130 valence electrons. The first-order valence-corrected chi connectivity index (χ1v) is 8.85. The second-order valence-electron chi connectivity index (χ2n) is 6.39. The van der Waals surface area contributed by atoms with Crippen LogP contribution in [0.5, 0.6) is 0 Å². The zero-order valence-corrected chi connectivity index (χ0v) is 14.9. The zero-order valence-electron chi connectivity index (χ0n) is 14.1. The minimum Gasteiger partial charge on any atom is -0.339 e. The maximum atomic E-state index is 5.42. The topological polar surface area (TPSA) is 75.8 Å². The Morgan fingerprint density at radius 3 is 2.88 bits per heavy atom. The normalized spacial score (nSPS) is 18.5. The average molecular weight is 356 g/mol. The molecule has 0 bridgehead atoms. The third-order valence-corrected chi connectivity index (χ3v) is 4.78. The van der Waals surface area contributed by atoms with Crippen molar-refractivity contribution in [2.75, 3.05) is 13.1 Å². The predicted molar refractivity (Wildman–Crippen MR) is 95.4 cm³/mol. The molecule has 0 amide bonds. The van der Waals surface area contributed by atoms with Crippen molar-refractivity contribution in [1.82, 2.24) is 29.8 Å². The molecule has 8 heteroatoms. The van der Waals surface area contributed by atoms with E-state index >= 15 is 0 Å². The van der Waals surface area contributed by atoms with E-state index in [1.165, 1.54) is 0 Å². The van der Waals surface area contributed by atoms with Gasteiger partial charge >= 0.3 is 0 Å². The number of nitrogens with zero attached hydrogens (tertiary/aromatic N) is 5. The second-order valence-corrected chi connectivity index (χ2v) is 6.75. The van der Waals surface area contributed by atoms with Crippen LogP contribution in [0.1, 0.15) is 30.5 Å². The van der Waals surface area contributed by atoms with Crippen LogP contribution in [0.3, 0.4) is 0 Å². The van der Waals surface area contributed by atoms with Crippen molar-refractivity contribution < 1.29 is 4.52 Å². The third-order valence-electron chi connectivity index (χ3n) is 4.47. The number of nitrogens with one attached hydrogen (secondary N) is 1. The van der Waals surface area contributed by atoms with Crippen LogP contribution in [0.2, 0.25) is 0 Å². The van der Waals surface area contributed by atoms with E-state index < -0.39 is 0 Å². The molecule has 0 aliphatic carbocycles. The lowest BCUT2D eigenvalue weighted by Crippen LogP contribution is -2.36. The molecule has 3 aromatic rings. The number of benzene rings is 1. The summed E-state index contributed by atoms with van der Waals surface area (Å²) < 4.78 is 7.83. The van der Waals surface area contributed by atoms with Gasteiger partial charge < -0.3 is 4.52 Å². The molecule has 0 unspecified atom stereocenters. The highest BCUT2D eigenvalue weighted by atomic mass is 32.1. The van der Waals surface area contributed by atoms with E-state index in [0.717, 1.165) is 43.2 Å². The van der Waals surface area contributed by atoms with Gasteiger partial charge in [0.15, 0.2) is 11.6 Å². The van der Waals surface area contributed by atoms with E-state index in [-0.39, 0.29) is 5.92 Å². The summed E-state index contributed by atoms with van der Waals surface area (Å²) in [7, 11) is 0. The first kappa shape index (κ1) is 16.2. The predicted octanol–water partition coefficient (Wildman–Crippen LogP) is 3.14.